The molecule has 24 heavy (non-hydrogen) atoms. The third-order valence-corrected chi connectivity index (χ3v) is 4.90. The number of aliphatic hydroxyl groups is 1. The summed E-state index contributed by atoms with van der Waals surface area (Å²) < 4.78 is 14.2. The van der Waals surface area contributed by atoms with Gasteiger partial charge in [-0.3, -0.25) is 0 Å². The Kier molecular flexibility index (Phi) is 4.35. The van der Waals surface area contributed by atoms with E-state index in [2.05, 4.69) is 10.3 Å². The average Bonchev–Trinajstić information content (AvgIpc) is 3.13. The van der Waals surface area contributed by atoms with Crippen LogP contribution in [0.5, 0.6) is 0 Å². The second-order valence-electron chi connectivity index (χ2n) is 6.64. The van der Waals surface area contributed by atoms with E-state index in [0.717, 1.165) is 49.8 Å². The van der Waals surface area contributed by atoms with Crippen molar-refractivity contribution in [1.29, 1.82) is 0 Å². The van der Waals surface area contributed by atoms with Crippen molar-refractivity contribution < 1.29 is 14.6 Å². The van der Waals surface area contributed by atoms with Gasteiger partial charge in [-0.05, 0) is 25.7 Å². The lowest BCUT2D eigenvalue weighted by Crippen LogP contribution is -2.47. The van der Waals surface area contributed by atoms with Crippen molar-refractivity contribution in [2.75, 3.05) is 6.61 Å². The van der Waals surface area contributed by atoms with Crippen LogP contribution in [0.3, 0.4) is 0 Å². The zero-order chi connectivity index (χ0) is 16.4. The van der Waals surface area contributed by atoms with Crippen molar-refractivity contribution >= 4 is 0 Å². The van der Waals surface area contributed by atoms with Crippen LogP contribution in [-0.4, -0.2) is 38.6 Å². The smallest absolute Gasteiger partial charge is 0.171 e. The minimum atomic E-state index is -0.576. The Labute approximate surface area is 141 Å². The molecule has 128 valence electrons. The van der Waals surface area contributed by atoms with Crippen LogP contribution in [0.15, 0.2) is 36.5 Å². The molecule has 0 radical (unpaired) electrons. The number of nitrogens with zero attached hydrogens (tertiary/aromatic N) is 3. The Hall–Kier alpha value is -1.76. The third kappa shape index (κ3) is 3.09. The lowest BCUT2D eigenvalue weighted by atomic mass is 9.94. The van der Waals surface area contributed by atoms with Crippen molar-refractivity contribution in [3.8, 4) is 11.3 Å². The number of aliphatic hydroxyl groups excluding tert-OH is 1. The first-order valence-corrected chi connectivity index (χ1v) is 8.72. The maximum atomic E-state index is 9.41. The van der Waals surface area contributed by atoms with Crippen LogP contribution in [-0.2, 0) is 9.47 Å². The van der Waals surface area contributed by atoms with Crippen molar-refractivity contribution in [3.63, 3.8) is 0 Å². The number of benzene rings is 1. The van der Waals surface area contributed by atoms with E-state index in [1.54, 1.807) is 4.68 Å². The monoisotopic (exact) mass is 329 g/mol. The number of hydrogen-bond acceptors (Lipinski definition) is 5. The van der Waals surface area contributed by atoms with Crippen LogP contribution < -0.4 is 0 Å². The van der Waals surface area contributed by atoms with E-state index < -0.39 is 5.79 Å². The third-order valence-electron chi connectivity index (χ3n) is 4.90. The maximum Gasteiger partial charge on any atom is 0.171 e. The predicted octanol–water partition coefficient (Wildman–Crippen LogP) is 2.90. The van der Waals surface area contributed by atoms with Crippen molar-refractivity contribution in [1.82, 2.24) is 15.0 Å². The molecule has 1 aromatic carbocycles. The quantitative estimate of drug-likeness (QED) is 0.937. The van der Waals surface area contributed by atoms with Crippen molar-refractivity contribution in [2.24, 2.45) is 0 Å². The zero-order valence-corrected chi connectivity index (χ0v) is 13.7. The summed E-state index contributed by atoms with van der Waals surface area (Å²) in [5, 5.41) is 18.0. The summed E-state index contributed by atoms with van der Waals surface area (Å²) in [5.74, 6) is -0.576. The Morgan fingerprint density at radius 1 is 1.12 bits per heavy atom. The largest absolute Gasteiger partial charge is 0.394 e. The van der Waals surface area contributed by atoms with Gasteiger partial charge in [0.1, 0.15) is 5.69 Å². The first kappa shape index (κ1) is 15.7. The molecule has 0 aliphatic carbocycles. The highest BCUT2D eigenvalue weighted by atomic mass is 16.7. The average molecular weight is 329 g/mol. The summed E-state index contributed by atoms with van der Waals surface area (Å²) in [5.41, 5.74) is 1.89. The summed E-state index contributed by atoms with van der Waals surface area (Å²) in [6.45, 7) is 0.0528. The van der Waals surface area contributed by atoms with E-state index in [0.29, 0.717) is 0 Å². The highest BCUT2D eigenvalue weighted by Gasteiger charge is 2.43. The molecule has 3 atom stereocenters. The molecule has 1 N–H and O–H groups in total. The van der Waals surface area contributed by atoms with Gasteiger partial charge in [0, 0.05) is 18.4 Å². The second kappa shape index (κ2) is 6.63. The Morgan fingerprint density at radius 2 is 1.92 bits per heavy atom. The van der Waals surface area contributed by atoms with Gasteiger partial charge in [0.15, 0.2) is 12.0 Å². The fourth-order valence-corrected chi connectivity index (χ4v) is 3.68. The standard InChI is InChI=1S/C18H23N3O3/c22-13-15-8-4-10-18(23-15)11-5-9-17(24-18)21-12-16(19-20-21)14-6-2-1-3-7-14/h1-3,6-7,12,15,17,22H,4-5,8-11,13H2/t15-,17-,18?/m0/s1. The van der Waals surface area contributed by atoms with Crippen molar-refractivity contribution in [3.05, 3.63) is 36.5 Å². The molecule has 1 unspecified atom stereocenters. The number of hydrogen-bond donors (Lipinski definition) is 1. The van der Waals surface area contributed by atoms with Crippen LogP contribution in [0.25, 0.3) is 11.3 Å². The molecule has 0 amide bonds. The number of aromatic nitrogens is 3. The highest BCUT2D eigenvalue weighted by Crippen LogP contribution is 2.42. The van der Waals surface area contributed by atoms with Gasteiger partial charge in [-0.15, -0.1) is 5.10 Å². The minimum absolute atomic E-state index is 0.0528. The van der Waals surface area contributed by atoms with Crippen LogP contribution in [0, 0.1) is 0 Å². The van der Waals surface area contributed by atoms with Crippen LogP contribution in [0.2, 0.25) is 0 Å². The zero-order valence-electron chi connectivity index (χ0n) is 13.7. The van der Waals surface area contributed by atoms with E-state index >= 15 is 0 Å². The van der Waals surface area contributed by atoms with E-state index in [4.69, 9.17) is 9.47 Å². The summed E-state index contributed by atoms with van der Waals surface area (Å²) in [6, 6.07) is 10.0. The van der Waals surface area contributed by atoms with Crippen molar-refractivity contribution in [2.45, 2.75) is 56.6 Å². The molecule has 0 saturated carbocycles. The first-order valence-electron chi connectivity index (χ1n) is 8.72. The van der Waals surface area contributed by atoms with E-state index in [-0.39, 0.29) is 18.9 Å². The summed E-state index contributed by atoms with van der Waals surface area (Å²) >= 11 is 0. The number of rotatable bonds is 3. The molecule has 6 nitrogen and oxygen atoms in total. The first-order chi connectivity index (χ1) is 11.8. The molecule has 6 heteroatoms. The molecule has 2 aliphatic rings. The lowest BCUT2D eigenvalue weighted by molar-refractivity contribution is -0.332. The SMILES string of the molecule is OC[C@@H]1CCCC2(CCC[C@@H](n3cc(-c4ccccc4)nn3)O2)O1. The molecule has 0 bridgehead atoms. The Bertz CT molecular complexity index is 671. The van der Waals surface area contributed by atoms with Gasteiger partial charge >= 0.3 is 0 Å². The topological polar surface area (TPSA) is 69.4 Å². The molecule has 4 rings (SSSR count). The lowest BCUT2D eigenvalue weighted by Gasteiger charge is -2.45. The van der Waals surface area contributed by atoms with Gasteiger partial charge < -0.3 is 14.6 Å². The van der Waals surface area contributed by atoms with Gasteiger partial charge in [0.25, 0.3) is 0 Å². The predicted molar refractivity (Wildman–Crippen MR) is 88.0 cm³/mol. The maximum absolute atomic E-state index is 9.41. The highest BCUT2D eigenvalue weighted by molar-refractivity contribution is 5.57. The summed E-state index contributed by atoms with van der Waals surface area (Å²) in [7, 11) is 0. The molecular weight excluding hydrogens is 306 g/mol. The molecular formula is C18H23N3O3. The van der Waals surface area contributed by atoms with Crippen LogP contribution in [0.4, 0.5) is 0 Å². The van der Waals surface area contributed by atoms with E-state index in [1.165, 1.54) is 0 Å². The number of ether oxygens (including phenoxy) is 2. The molecule has 1 spiro atoms. The molecule has 3 heterocycles. The fourth-order valence-electron chi connectivity index (χ4n) is 3.68. The molecule has 2 fully saturated rings. The Balaban J connectivity index is 1.51. The summed E-state index contributed by atoms with van der Waals surface area (Å²) in [4.78, 5) is 0. The Morgan fingerprint density at radius 3 is 2.71 bits per heavy atom. The molecule has 2 aliphatic heterocycles. The fraction of sp³-hybridized carbons (Fsp3) is 0.556. The summed E-state index contributed by atoms with van der Waals surface area (Å²) in [6.07, 6.45) is 7.23. The van der Waals surface area contributed by atoms with Gasteiger partial charge in [0.2, 0.25) is 0 Å². The van der Waals surface area contributed by atoms with Gasteiger partial charge in [-0.25, -0.2) is 4.68 Å². The van der Waals surface area contributed by atoms with Gasteiger partial charge in [-0.1, -0.05) is 35.5 Å². The van der Waals surface area contributed by atoms with Gasteiger partial charge in [-0.2, -0.15) is 0 Å². The normalized spacial score (nSPS) is 30.5. The van der Waals surface area contributed by atoms with Crippen LogP contribution >= 0.6 is 0 Å². The van der Waals surface area contributed by atoms with E-state index in [1.807, 2.05) is 36.5 Å². The molecule has 1 aromatic heterocycles. The van der Waals surface area contributed by atoms with E-state index in [9.17, 15) is 5.11 Å². The molecule has 2 saturated heterocycles. The van der Waals surface area contributed by atoms with Gasteiger partial charge in [0.05, 0.1) is 18.9 Å². The second-order valence-corrected chi connectivity index (χ2v) is 6.64. The molecule has 2 aromatic rings. The minimum Gasteiger partial charge on any atom is -0.394 e. The van der Waals surface area contributed by atoms with Crippen LogP contribution in [0.1, 0.15) is 44.8 Å².